The van der Waals surface area contributed by atoms with Crippen LogP contribution in [-0.2, 0) is 11.3 Å². The Balaban J connectivity index is 1.80. The van der Waals surface area contributed by atoms with Gasteiger partial charge < -0.3 is 24.3 Å². The summed E-state index contributed by atoms with van der Waals surface area (Å²) in [6.45, 7) is 3.92. The maximum Gasteiger partial charge on any atom is 0.235 e. The van der Waals surface area contributed by atoms with E-state index in [0.717, 1.165) is 13.1 Å². The molecule has 2 heterocycles. The first-order valence-electron chi connectivity index (χ1n) is 10.4. The quantitative estimate of drug-likeness (QED) is 0.526. The summed E-state index contributed by atoms with van der Waals surface area (Å²) >= 11 is 5.97. The molecule has 8 heteroatoms. The standard InChI is InChI=1S/C24H25ClN2O5/c1-31-19-4-2-3-17(15-19)21-20(22(28)16-5-7-18(25)8-6-16)23(29)24(30)27(21)10-9-26-11-13-32-14-12-26/h2-8,15,29-30H,9-14H2,1H3. The Bertz CT molecular complexity index is 1100. The summed E-state index contributed by atoms with van der Waals surface area (Å²) in [6.07, 6.45) is 0. The highest BCUT2D eigenvalue weighted by molar-refractivity contribution is 6.30. The fourth-order valence-electron chi connectivity index (χ4n) is 3.91. The molecule has 0 radical (unpaired) electrons. The first kappa shape index (κ1) is 22.2. The molecular formula is C24H25ClN2O5. The van der Waals surface area contributed by atoms with E-state index in [4.69, 9.17) is 21.1 Å². The van der Waals surface area contributed by atoms with Crippen molar-refractivity contribution in [3.63, 3.8) is 0 Å². The number of halogens is 1. The minimum Gasteiger partial charge on any atom is -0.503 e. The van der Waals surface area contributed by atoms with Gasteiger partial charge in [-0.15, -0.1) is 0 Å². The van der Waals surface area contributed by atoms with Gasteiger partial charge >= 0.3 is 0 Å². The topological polar surface area (TPSA) is 84.2 Å². The van der Waals surface area contributed by atoms with Gasteiger partial charge in [-0.3, -0.25) is 9.69 Å². The summed E-state index contributed by atoms with van der Waals surface area (Å²) in [5, 5.41) is 22.2. The van der Waals surface area contributed by atoms with Crippen molar-refractivity contribution in [1.29, 1.82) is 0 Å². The van der Waals surface area contributed by atoms with E-state index >= 15 is 0 Å². The summed E-state index contributed by atoms with van der Waals surface area (Å²) in [7, 11) is 1.56. The predicted octanol–water partition coefficient (Wildman–Crippen LogP) is 3.79. The minimum absolute atomic E-state index is 0.0417. The SMILES string of the molecule is COc1cccc(-c2c(C(=O)c3ccc(Cl)cc3)c(O)c(O)n2CCN2CCOCC2)c1. The number of hydrogen-bond donors (Lipinski definition) is 2. The third-order valence-electron chi connectivity index (χ3n) is 5.63. The zero-order valence-corrected chi connectivity index (χ0v) is 18.5. The van der Waals surface area contributed by atoms with Gasteiger partial charge in [0.05, 0.1) is 31.6 Å². The number of ketones is 1. The van der Waals surface area contributed by atoms with Gasteiger partial charge in [-0.25, -0.2) is 0 Å². The van der Waals surface area contributed by atoms with Crippen molar-refractivity contribution in [3.05, 3.63) is 64.7 Å². The number of ether oxygens (including phenoxy) is 2. The second-order valence-electron chi connectivity index (χ2n) is 7.57. The highest BCUT2D eigenvalue weighted by Crippen LogP contribution is 2.42. The molecule has 0 amide bonds. The highest BCUT2D eigenvalue weighted by atomic mass is 35.5. The Morgan fingerprint density at radius 3 is 2.50 bits per heavy atom. The van der Waals surface area contributed by atoms with E-state index in [0.29, 0.717) is 53.9 Å². The molecule has 0 bridgehead atoms. The number of nitrogens with zero attached hydrogens (tertiary/aromatic N) is 2. The Labute approximate surface area is 191 Å². The van der Waals surface area contributed by atoms with Gasteiger partial charge in [0, 0.05) is 42.3 Å². The molecule has 0 unspecified atom stereocenters. The van der Waals surface area contributed by atoms with Gasteiger partial charge in [-0.1, -0.05) is 23.7 Å². The highest BCUT2D eigenvalue weighted by Gasteiger charge is 2.29. The van der Waals surface area contributed by atoms with Crippen LogP contribution in [0.4, 0.5) is 0 Å². The zero-order valence-electron chi connectivity index (χ0n) is 17.8. The van der Waals surface area contributed by atoms with Crippen molar-refractivity contribution < 1.29 is 24.5 Å². The van der Waals surface area contributed by atoms with E-state index in [2.05, 4.69) is 4.90 Å². The van der Waals surface area contributed by atoms with Gasteiger partial charge in [0.1, 0.15) is 5.75 Å². The molecule has 3 aromatic rings. The lowest BCUT2D eigenvalue weighted by Gasteiger charge is -2.27. The summed E-state index contributed by atoms with van der Waals surface area (Å²) < 4.78 is 12.3. The molecule has 2 aromatic carbocycles. The van der Waals surface area contributed by atoms with Gasteiger partial charge in [0.25, 0.3) is 0 Å². The Hall–Kier alpha value is -3.00. The number of hydrogen-bond acceptors (Lipinski definition) is 6. The molecule has 0 atom stereocenters. The summed E-state index contributed by atoms with van der Waals surface area (Å²) in [5.41, 5.74) is 1.49. The van der Waals surface area contributed by atoms with Gasteiger partial charge in [-0.2, -0.15) is 0 Å². The van der Waals surface area contributed by atoms with E-state index in [-0.39, 0.29) is 11.4 Å². The third-order valence-corrected chi connectivity index (χ3v) is 5.88. The number of benzene rings is 2. The molecule has 168 valence electrons. The lowest BCUT2D eigenvalue weighted by Crippen LogP contribution is -2.38. The smallest absolute Gasteiger partial charge is 0.235 e. The summed E-state index contributed by atoms with van der Waals surface area (Å²) in [4.78, 5) is 15.6. The molecule has 32 heavy (non-hydrogen) atoms. The second kappa shape index (κ2) is 9.65. The molecule has 1 aromatic heterocycles. The second-order valence-corrected chi connectivity index (χ2v) is 8.01. The van der Waals surface area contributed by atoms with Gasteiger partial charge in [0.2, 0.25) is 5.88 Å². The molecule has 2 N–H and O–H groups in total. The number of aromatic nitrogens is 1. The van der Waals surface area contributed by atoms with E-state index in [9.17, 15) is 15.0 Å². The van der Waals surface area contributed by atoms with Crippen LogP contribution >= 0.6 is 11.6 Å². The zero-order chi connectivity index (χ0) is 22.7. The van der Waals surface area contributed by atoms with Crippen LogP contribution in [0, 0.1) is 0 Å². The fraction of sp³-hybridized carbons (Fsp3) is 0.292. The molecule has 1 aliphatic heterocycles. The number of carbonyl (C=O) groups is 1. The Morgan fingerprint density at radius 1 is 1.09 bits per heavy atom. The monoisotopic (exact) mass is 456 g/mol. The van der Waals surface area contributed by atoms with E-state index < -0.39 is 11.5 Å². The molecule has 7 nitrogen and oxygen atoms in total. The Kier molecular flexibility index (Phi) is 6.69. The molecule has 4 rings (SSSR count). The molecule has 0 saturated carbocycles. The fourth-order valence-corrected chi connectivity index (χ4v) is 4.03. The Morgan fingerprint density at radius 2 is 1.81 bits per heavy atom. The summed E-state index contributed by atoms with van der Waals surface area (Å²) in [6, 6.07) is 13.6. The van der Waals surface area contributed by atoms with Crippen LogP contribution < -0.4 is 4.74 Å². The normalized spacial score (nSPS) is 14.4. The number of carbonyl (C=O) groups excluding carboxylic acids is 1. The van der Waals surface area contributed by atoms with Crippen LogP contribution in [0.5, 0.6) is 17.4 Å². The van der Waals surface area contributed by atoms with E-state index in [1.807, 2.05) is 6.07 Å². The van der Waals surface area contributed by atoms with Crippen molar-refractivity contribution in [1.82, 2.24) is 9.47 Å². The van der Waals surface area contributed by atoms with Crippen LogP contribution in [0.2, 0.25) is 5.02 Å². The summed E-state index contributed by atoms with van der Waals surface area (Å²) in [5.74, 6) is -0.581. The van der Waals surface area contributed by atoms with Crippen LogP contribution in [0.1, 0.15) is 15.9 Å². The van der Waals surface area contributed by atoms with E-state index in [1.54, 1.807) is 54.1 Å². The minimum atomic E-state index is -0.440. The molecule has 1 saturated heterocycles. The van der Waals surface area contributed by atoms with Gasteiger partial charge in [-0.05, 0) is 36.4 Å². The van der Waals surface area contributed by atoms with Crippen LogP contribution in [-0.4, -0.2) is 65.4 Å². The lowest BCUT2D eigenvalue weighted by atomic mass is 9.99. The van der Waals surface area contributed by atoms with Crippen LogP contribution in [0.25, 0.3) is 11.3 Å². The molecule has 0 spiro atoms. The molecule has 1 fully saturated rings. The maximum absolute atomic E-state index is 13.4. The average Bonchev–Trinajstić information content (AvgIpc) is 3.08. The molecule has 1 aliphatic rings. The average molecular weight is 457 g/mol. The number of morpholine rings is 1. The number of aromatic hydroxyl groups is 2. The molecule has 0 aliphatic carbocycles. The van der Waals surface area contributed by atoms with Crippen molar-refractivity contribution in [2.75, 3.05) is 40.0 Å². The lowest BCUT2D eigenvalue weighted by molar-refractivity contribution is 0.0362. The predicted molar refractivity (Wildman–Crippen MR) is 122 cm³/mol. The van der Waals surface area contributed by atoms with Gasteiger partial charge in [0.15, 0.2) is 11.5 Å². The van der Waals surface area contributed by atoms with Crippen molar-refractivity contribution >= 4 is 17.4 Å². The number of rotatable bonds is 7. The molecular weight excluding hydrogens is 432 g/mol. The first-order valence-corrected chi connectivity index (χ1v) is 10.8. The number of methoxy groups -OCH3 is 1. The van der Waals surface area contributed by atoms with Crippen molar-refractivity contribution in [2.45, 2.75) is 6.54 Å². The van der Waals surface area contributed by atoms with Crippen molar-refractivity contribution in [3.8, 4) is 28.6 Å². The van der Waals surface area contributed by atoms with E-state index in [1.165, 1.54) is 0 Å². The van der Waals surface area contributed by atoms with Crippen LogP contribution in [0.3, 0.4) is 0 Å². The first-order chi connectivity index (χ1) is 15.5. The van der Waals surface area contributed by atoms with Crippen LogP contribution in [0.15, 0.2) is 48.5 Å². The maximum atomic E-state index is 13.4. The third kappa shape index (κ3) is 4.46. The van der Waals surface area contributed by atoms with Crippen molar-refractivity contribution in [2.24, 2.45) is 0 Å². The largest absolute Gasteiger partial charge is 0.503 e.